The van der Waals surface area contributed by atoms with Crippen molar-refractivity contribution in [2.45, 2.75) is 37.8 Å². The third kappa shape index (κ3) is 5.08. The van der Waals surface area contributed by atoms with E-state index in [-0.39, 0.29) is 24.0 Å². The van der Waals surface area contributed by atoms with E-state index in [9.17, 15) is 31.4 Å². The summed E-state index contributed by atoms with van der Waals surface area (Å²) >= 11 is 0. The summed E-state index contributed by atoms with van der Waals surface area (Å²) in [5.41, 5.74) is 2.35. The van der Waals surface area contributed by atoms with Gasteiger partial charge in [-0.05, 0) is 24.1 Å². The Morgan fingerprint density at radius 3 is 2.33 bits per heavy atom. The molecule has 0 aliphatic heterocycles. The first kappa shape index (κ1) is 21.4. The maximum Gasteiger partial charge on any atom is 0.433 e. The predicted molar refractivity (Wildman–Crippen MR) is 87.8 cm³/mol. The van der Waals surface area contributed by atoms with E-state index >= 15 is 0 Å². The molecule has 4 N–H and O–H groups in total. The second-order valence-electron chi connectivity index (χ2n) is 6.12. The number of para-hydroxylation sites is 1. The number of nitrogens with one attached hydrogen (secondary N) is 1. The summed E-state index contributed by atoms with van der Waals surface area (Å²) in [7, 11) is 0. The van der Waals surface area contributed by atoms with E-state index in [2.05, 4.69) is 10.3 Å². The fraction of sp³-hybridized carbons (Fsp3) is 0.471. The van der Waals surface area contributed by atoms with Gasteiger partial charge in [0.25, 0.3) is 0 Å². The zero-order valence-electron chi connectivity index (χ0n) is 14.3. The number of hydrogen-bond donors (Lipinski definition) is 3. The second kappa shape index (κ2) is 7.99. The van der Waals surface area contributed by atoms with Crippen LogP contribution in [0.15, 0.2) is 24.3 Å². The molecule has 4 nitrogen and oxygen atoms in total. The number of aromatic nitrogens is 1. The monoisotopic (exact) mass is 395 g/mol. The van der Waals surface area contributed by atoms with Crippen LogP contribution >= 0.6 is 0 Å². The molecule has 0 saturated carbocycles. The molecule has 1 aromatic heterocycles. The van der Waals surface area contributed by atoms with Crippen molar-refractivity contribution in [2.75, 3.05) is 13.1 Å². The largest absolute Gasteiger partial charge is 0.433 e. The van der Waals surface area contributed by atoms with Gasteiger partial charge in [-0.3, -0.25) is 0 Å². The molecule has 10 heteroatoms. The molecule has 1 heterocycles. The number of alkyl halides is 6. The normalized spacial score (nSPS) is 15.1. The van der Waals surface area contributed by atoms with Gasteiger partial charge in [0.05, 0.1) is 17.2 Å². The van der Waals surface area contributed by atoms with Gasteiger partial charge < -0.3 is 16.2 Å². The zero-order valence-corrected chi connectivity index (χ0v) is 14.3. The molecule has 0 radical (unpaired) electrons. The minimum absolute atomic E-state index is 0.0241. The van der Waals surface area contributed by atoms with E-state index in [0.717, 1.165) is 6.07 Å². The zero-order chi connectivity index (χ0) is 20.4. The lowest BCUT2D eigenvalue weighted by molar-refractivity contribution is -0.142. The molecule has 2 unspecified atom stereocenters. The predicted octanol–water partition coefficient (Wildman–Crippen LogP) is 3.63. The van der Waals surface area contributed by atoms with Crippen LogP contribution in [0.1, 0.15) is 36.2 Å². The molecule has 2 aromatic rings. The van der Waals surface area contributed by atoms with E-state index in [1.165, 1.54) is 6.07 Å². The van der Waals surface area contributed by atoms with Gasteiger partial charge in [-0.2, -0.15) is 26.3 Å². The quantitative estimate of drug-likeness (QED) is 0.654. The van der Waals surface area contributed by atoms with Crippen molar-refractivity contribution in [3.05, 3.63) is 41.1 Å². The number of pyridine rings is 1. The number of aliphatic hydroxyl groups excluding tert-OH is 1. The van der Waals surface area contributed by atoms with Crippen molar-refractivity contribution in [1.29, 1.82) is 0 Å². The van der Waals surface area contributed by atoms with Crippen molar-refractivity contribution in [2.24, 2.45) is 5.73 Å². The minimum Gasteiger partial charge on any atom is -0.392 e. The number of hydrogen-bond acceptors (Lipinski definition) is 4. The van der Waals surface area contributed by atoms with E-state index in [1.807, 2.05) is 0 Å². The summed E-state index contributed by atoms with van der Waals surface area (Å²) in [5.74, 6) is 0. The summed E-state index contributed by atoms with van der Waals surface area (Å²) < 4.78 is 79.1. The number of halogens is 6. The fourth-order valence-corrected chi connectivity index (χ4v) is 2.62. The van der Waals surface area contributed by atoms with Gasteiger partial charge in [0.15, 0.2) is 0 Å². The molecule has 0 aliphatic carbocycles. The Morgan fingerprint density at radius 2 is 1.78 bits per heavy atom. The van der Waals surface area contributed by atoms with Crippen molar-refractivity contribution < 1.29 is 31.4 Å². The van der Waals surface area contributed by atoms with E-state index < -0.39 is 41.3 Å². The maximum absolute atomic E-state index is 13.2. The van der Waals surface area contributed by atoms with E-state index in [1.54, 1.807) is 6.92 Å². The summed E-state index contributed by atoms with van der Waals surface area (Å²) in [4.78, 5) is 3.22. The standard InChI is InChI=1S/C17H19F6N3O/c1-2-9(27)7-25-8-13(24)11-6-14(17(21,22)23)26-15-10(11)4-3-5-12(15)16(18,19)20/h3-6,9,13,25,27H,2,7-8,24H2,1H3. The summed E-state index contributed by atoms with van der Waals surface area (Å²) in [6.07, 6.45) is -9.98. The number of nitrogens with two attached hydrogens (primary N) is 1. The minimum atomic E-state index is -4.92. The Bertz CT molecular complexity index is 791. The van der Waals surface area contributed by atoms with Crippen molar-refractivity contribution >= 4 is 10.9 Å². The lowest BCUT2D eigenvalue weighted by atomic mass is 9.98. The number of aliphatic hydroxyl groups is 1. The Kier molecular flexibility index (Phi) is 6.33. The second-order valence-corrected chi connectivity index (χ2v) is 6.12. The highest BCUT2D eigenvalue weighted by atomic mass is 19.4. The third-order valence-electron chi connectivity index (χ3n) is 4.08. The molecule has 0 fully saturated rings. The van der Waals surface area contributed by atoms with Crippen LogP contribution in [0.5, 0.6) is 0 Å². The Balaban J connectivity index is 2.54. The number of rotatable bonds is 6. The van der Waals surface area contributed by atoms with Crippen molar-refractivity contribution in [3.8, 4) is 0 Å². The highest BCUT2D eigenvalue weighted by molar-refractivity contribution is 5.86. The number of nitrogens with zero attached hydrogens (tertiary/aromatic N) is 1. The first-order chi connectivity index (χ1) is 12.4. The van der Waals surface area contributed by atoms with Gasteiger partial charge in [-0.15, -0.1) is 0 Å². The Labute approximate surface area is 151 Å². The first-order valence-electron chi connectivity index (χ1n) is 8.17. The van der Waals surface area contributed by atoms with Crippen LogP contribution in [0.4, 0.5) is 26.3 Å². The average Bonchev–Trinajstić information content (AvgIpc) is 2.58. The first-order valence-corrected chi connectivity index (χ1v) is 8.17. The highest BCUT2D eigenvalue weighted by Gasteiger charge is 2.37. The molecule has 2 rings (SSSR count). The molecule has 0 spiro atoms. The van der Waals surface area contributed by atoms with Gasteiger partial charge in [-0.1, -0.05) is 19.1 Å². The molecule has 0 aliphatic rings. The average molecular weight is 395 g/mol. The smallest absolute Gasteiger partial charge is 0.392 e. The summed E-state index contributed by atoms with van der Waals surface area (Å²) in [6.45, 7) is 1.88. The van der Waals surface area contributed by atoms with Crippen LogP contribution in [0, 0.1) is 0 Å². The van der Waals surface area contributed by atoms with Crippen LogP contribution in [0.25, 0.3) is 10.9 Å². The molecule has 2 atom stereocenters. The molecule has 0 amide bonds. The fourth-order valence-electron chi connectivity index (χ4n) is 2.62. The van der Waals surface area contributed by atoms with Crippen LogP contribution in [-0.2, 0) is 12.4 Å². The molecular weight excluding hydrogens is 376 g/mol. The summed E-state index contributed by atoms with van der Waals surface area (Å²) in [5, 5.41) is 12.2. The van der Waals surface area contributed by atoms with Crippen LogP contribution in [0.2, 0.25) is 0 Å². The Hall–Kier alpha value is -1.91. The van der Waals surface area contributed by atoms with Crippen LogP contribution in [-0.4, -0.2) is 29.3 Å². The molecule has 150 valence electrons. The van der Waals surface area contributed by atoms with Crippen molar-refractivity contribution in [3.63, 3.8) is 0 Å². The van der Waals surface area contributed by atoms with E-state index in [4.69, 9.17) is 5.73 Å². The molecule has 27 heavy (non-hydrogen) atoms. The summed E-state index contributed by atoms with van der Waals surface area (Å²) in [6, 6.07) is 2.69. The molecule has 0 saturated heterocycles. The van der Waals surface area contributed by atoms with Gasteiger partial charge in [0.2, 0.25) is 0 Å². The molecule has 0 bridgehead atoms. The van der Waals surface area contributed by atoms with Gasteiger partial charge in [-0.25, -0.2) is 4.98 Å². The Morgan fingerprint density at radius 1 is 1.11 bits per heavy atom. The maximum atomic E-state index is 13.2. The van der Waals surface area contributed by atoms with E-state index in [0.29, 0.717) is 18.6 Å². The number of benzene rings is 1. The van der Waals surface area contributed by atoms with Gasteiger partial charge in [0, 0.05) is 24.5 Å². The highest BCUT2D eigenvalue weighted by Crippen LogP contribution is 2.38. The SMILES string of the molecule is CCC(O)CNCC(N)c1cc(C(F)(F)F)nc2c(C(F)(F)F)cccc12. The number of fused-ring (bicyclic) bond motifs is 1. The molecule has 1 aromatic carbocycles. The van der Waals surface area contributed by atoms with Gasteiger partial charge in [0.1, 0.15) is 5.69 Å². The molecular formula is C17H19F6N3O. The van der Waals surface area contributed by atoms with Crippen LogP contribution in [0.3, 0.4) is 0 Å². The topological polar surface area (TPSA) is 71.2 Å². The van der Waals surface area contributed by atoms with Gasteiger partial charge >= 0.3 is 12.4 Å². The lowest BCUT2D eigenvalue weighted by Crippen LogP contribution is -2.33. The third-order valence-corrected chi connectivity index (χ3v) is 4.08. The van der Waals surface area contributed by atoms with Crippen LogP contribution < -0.4 is 11.1 Å². The van der Waals surface area contributed by atoms with Crippen molar-refractivity contribution in [1.82, 2.24) is 10.3 Å². The lowest BCUT2D eigenvalue weighted by Gasteiger charge is -2.20.